The van der Waals surface area contributed by atoms with Crippen LogP contribution in [0.3, 0.4) is 0 Å². The highest BCUT2D eigenvalue weighted by Gasteiger charge is 2.38. The summed E-state index contributed by atoms with van der Waals surface area (Å²) in [5, 5.41) is 19.9. The van der Waals surface area contributed by atoms with Gasteiger partial charge in [0.1, 0.15) is 12.4 Å². The molecule has 9 nitrogen and oxygen atoms in total. The zero-order chi connectivity index (χ0) is 33.8. The molecular weight excluding hydrogens is 611 g/mol. The Bertz CT molecular complexity index is 1830. The van der Waals surface area contributed by atoms with Crippen LogP contribution < -0.4 is 9.47 Å². The summed E-state index contributed by atoms with van der Waals surface area (Å²) in [6.45, 7) is 13.3. The van der Waals surface area contributed by atoms with Crippen molar-refractivity contribution < 1.29 is 19.4 Å². The molecule has 0 aliphatic rings. The lowest BCUT2D eigenvalue weighted by Gasteiger charge is -2.29. The molecule has 2 aromatic carbocycles. The molecule has 3 heterocycles. The second-order valence-corrected chi connectivity index (χ2v) is 14.7. The van der Waals surface area contributed by atoms with Gasteiger partial charge in [0.05, 0.1) is 35.8 Å². The van der Waals surface area contributed by atoms with E-state index in [1.807, 2.05) is 45.0 Å². The first-order valence-corrected chi connectivity index (χ1v) is 16.7. The number of aliphatic carboxylic acids is 1. The number of carboxylic acid groups (broad SMARTS) is 1. The Balaban J connectivity index is 1.60. The molecule has 0 atom stereocenters. The minimum Gasteiger partial charge on any atom is -0.487 e. The lowest BCUT2D eigenvalue weighted by molar-refractivity contribution is -0.149. The van der Waals surface area contributed by atoms with Crippen LogP contribution in [0.2, 0.25) is 0 Å². The molecule has 0 unspecified atom stereocenters. The van der Waals surface area contributed by atoms with Gasteiger partial charge in [-0.3, -0.25) is 14.8 Å². The first-order valence-electron chi connectivity index (χ1n) is 15.9. The van der Waals surface area contributed by atoms with E-state index in [0.29, 0.717) is 38.3 Å². The van der Waals surface area contributed by atoms with Crippen LogP contribution in [0, 0.1) is 12.3 Å². The summed E-state index contributed by atoms with van der Waals surface area (Å²) in [6.07, 6.45) is 4.94. The Hall–Kier alpha value is -4.44. The highest BCUT2D eigenvalue weighted by molar-refractivity contribution is 8.00. The number of fused-ring (bicyclic) bond motifs is 1. The van der Waals surface area contributed by atoms with Gasteiger partial charge in [0.25, 0.3) is 0 Å². The van der Waals surface area contributed by atoms with Crippen molar-refractivity contribution in [1.29, 1.82) is 0 Å². The minimum absolute atomic E-state index is 0.117. The van der Waals surface area contributed by atoms with E-state index in [-0.39, 0.29) is 4.75 Å². The van der Waals surface area contributed by atoms with Gasteiger partial charge >= 0.3 is 5.97 Å². The highest BCUT2D eigenvalue weighted by Crippen LogP contribution is 2.45. The van der Waals surface area contributed by atoms with Crippen LogP contribution in [0.15, 0.2) is 71.9 Å². The van der Waals surface area contributed by atoms with Crippen LogP contribution in [0.5, 0.6) is 11.6 Å². The third kappa shape index (κ3) is 7.76. The van der Waals surface area contributed by atoms with Crippen molar-refractivity contribution in [3.63, 3.8) is 0 Å². The van der Waals surface area contributed by atoms with Crippen LogP contribution in [0.25, 0.3) is 22.2 Å². The molecule has 5 aromatic rings. The number of hydrogen-bond donors (Lipinski definition) is 1. The molecule has 0 spiro atoms. The summed E-state index contributed by atoms with van der Waals surface area (Å²) in [5.41, 5.74) is 5.57. The van der Waals surface area contributed by atoms with E-state index in [1.165, 1.54) is 0 Å². The summed E-state index contributed by atoms with van der Waals surface area (Å²) in [4.78, 5) is 22.7. The Kier molecular flexibility index (Phi) is 10.2. The third-order valence-corrected chi connectivity index (χ3v) is 9.75. The quantitative estimate of drug-likeness (QED) is 0.126. The predicted molar refractivity (Wildman–Crippen MR) is 186 cm³/mol. The first-order chi connectivity index (χ1) is 22.4. The van der Waals surface area contributed by atoms with Gasteiger partial charge in [0, 0.05) is 57.0 Å². The van der Waals surface area contributed by atoms with Crippen molar-refractivity contribution in [2.24, 2.45) is 5.41 Å². The summed E-state index contributed by atoms with van der Waals surface area (Å²) in [5.74, 6) is 0.425. The lowest BCUT2D eigenvalue weighted by Crippen LogP contribution is -2.33. The Morgan fingerprint density at radius 1 is 0.957 bits per heavy atom. The maximum absolute atomic E-state index is 12.8. The largest absolute Gasteiger partial charge is 0.487 e. The number of methoxy groups -OCH3 is 1. The van der Waals surface area contributed by atoms with Crippen LogP contribution >= 0.6 is 11.8 Å². The fourth-order valence-corrected chi connectivity index (χ4v) is 6.80. The van der Waals surface area contributed by atoms with E-state index in [2.05, 4.69) is 69.8 Å². The molecule has 0 aliphatic carbocycles. The number of aromatic nitrogens is 5. The van der Waals surface area contributed by atoms with E-state index < -0.39 is 11.4 Å². The number of carbonyl (C=O) groups is 1. The van der Waals surface area contributed by atoms with Crippen molar-refractivity contribution in [3.05, 3.63) is 89.6 Å². The molecule has 0 saturated carbocycles. The Morgan fingerprint density at radius 3 is 2.28 bits per heavy atom. The van der Waals surface area contributed by atoms with E-state index in [9.17, 15) is 9.90 Å². The molecule has 246 valence electrons. The fraction of sp³-hybridized carbons (Fsp3) is 0.378. The monoisotopic (exact) mass is 653 g/mol. The molecule has 0 saturated heterocycles. The molecule has 0 radical (unpaired) electrons. The number of benzene rings is 2. The average molecular weight is 654 g/mol. The number of thioether (sulfide) groups is 1. The summed E-state index contributed by atoms with van der Waals surface area (Å²) in [6, 6.07) is 18.1. The molecule has 0 aliphatic heterocycles. The SMILES string of the molecule is CCC(CC)(Cc1c(SC(C)(C)C)c2cc(OCc3cnc(C)cn3)ccc2n1Cc1ccc(-c2ccc(OC)nn2)cc1)C(=O)O. The van der Waals surface area contributed by atoms with Crippen molar-refractivity contribution >= 4 is 28.6 Å². The number of nitrogens with zero attached hydrogens (tertiary/aromatic N) is 5. The predicted octanol–water partition coefficient (Wildman–Crippen LogP) is 8.16. The molecule has 10 heteroatoms. The Labute approximate surface area is 280 Å². The number of carboxylic acids is 1. The van der Waals surface area contributed by atoms with Gasteiger partial charge in [-0.25, -0.2) is 0 Å². The van der Waals surface area contributed by atoms with Gasteiger partial charge in [0.2, 0.25) is 5.88 Å². The van der Waals surface area contributed by atoms with Crippen molar-refractivity contribution in [2.45, 2.75) is 83.6 Å². The third-order valence-electron chi connectivity index (χ3n) is 8.47. The van der Waals surface area contributed by atoms with Crippen molar-refractivity contribution in [3.8, 4) is 22.9 Å². The molecule has 1 N–H and O–H groups in total. The van der Waals surface area contributed by atoms with E-state index in [4.69, 9.17) is 9.47 Å². The molecule has 47 heavy (non-hydrogen) atoms. The average Bonchev–Trinajstić information content (AvgIpc) is 3.32. The Morgan fingerprint density at radius 2 is 1.70 bits per heavy atom. The van der Waals surface area contributed by atoms with Gasteiger partial charge in [0.15, 0.2) is 0 Å². The van der Waals surface area contributed by atoms with Gasteiger partial charge in [-0.05, 0) is 49.6 Å². The molecule has 0 fully saturated rings. The number of ether oxygens (including phenoxy) is 2. The normalized spacial score (nSPS) is 12.0. The van der Waals surface area contributed by atoms with Crippen molar-refractivity contribution in [1.82, 2.24) is 24.7 Å². The van der Waals surface area contributed by atoms with Crippen molar-refractivity contribution in [2.75, 3.05) is 7.11 Å². The summed E-state index contributed by atoms with van der Waals surface area (Å²) < 4.78 is 13.5. The molecule has 0 bridgehead atoms. The lowest BCUT2D eigenvalue weighted by atomic mass is 9.78. The molecule has 3 aromatic heterocycles. The minimum atomic E-state index is -0.889. The zero-order valence-corrected chi connectivity index (χ0v) is 29.0. The van der Waals surface area contributed by atoms with Gasteiger partial charge < -0.3 is 19.1 Å². The van der Waals surface area contributed by atoms with Gasteiger partial charge in [-0.1, -0.05) is 58.9 Å². The van der Waals surface area contributed by atoms with Gasteiger partial charge in [-0.15, -0.1) is 22.0 Å². The molecular formula is C37H43N5O4S. The fourth-order valence-electron chi connectivity index (χ4n) is 5.62. The second kappa shape index (κ2) is 14.1. The molecule has 5 rings (SSSR count). The number of aryl methyl sites for hydroxylation is 1. The summed E-state index contributed by atoms with van der Waals surface area (Å²) >= 11 is 1.77. The highest BCUT2D eigenvalue weighted by atomic mass is 32.2. The van der Waals surface area contributed by atoms with Crippen LogP contribution in [0.4, 0.5) is 0 Å². The first kappa shape index (κ1) is 33.9. The van der Waals surface area contributed by atoms with E-state index in [0.717, 1.165) is 55.5 Å². The van der Waals surface area contributed by atoms with Crippen LogP contribution in [0.1, 0.15) is 70.1 Å². The standard InChI is InChI=1S/C37H43N5O4S/c1-8-37(9-2,35(43)44)19-32-34(47-36(4,5)6)29-18-28(46-23-27-21-38-24(3)20-39-27)14-16-31(29)42(32)22-25-10-12-26(13-11-25)30-15-17-33(45-7)41-40-30/h10-18,20-21H,8-9,19,22-23H2,1-7H3,(H,43,44). The number of hydrogen-bond acceptors (Lipinski definition) is 8. The van der Waals surface area contributed by atoms with E-state index >= 15 is 0 Å². The summed E-state index contributed by atoms with van der Waals surface area (Å²) in [7, 11) is 1.57. The van der Waals surface area contributed by atoms with Gasteiger partial charge in [-0.2, -0.15) is 0 Å². The van der Waals surface area contributed by atoms with Crippen LogP contribution in [-0.2, 0) is 24.4 Å². The van der Waals surface area contributed by atoms with Crippen LogP contribution in [-0.4, -0.2) is 47.7 Å². The second-order valence-electron chi connectivity index (χ2n) is 12.8. The number of rotatable bonds is 13. The van der Waals surface area contributed by atoms with E-state index in [1.54, 1.807) is 37.3 Å². The topological polar surface area (TPSA) is 112 Å². The smallest absolute Gasteiger partial charge is 0.310 e. The zero-order valence-electron chi connectivity index (χ0n) is 28.2. The maximum atomic E-state index is 12.8. The molecule has 0 amide bonds. The maximum Gasteiger partial charge on any atom is 0.310 e.